The summed E-state index contributed by atoms with van der Waals surface area (Å²) < 4.78 is 6.91. The molecule has 0 atom stereocenters. The summed E-state index contributed by atoms with van der Waals surface area (Å²) in [5, 5.41) is 8.32. The van der Waals surface area contributed by atoms with Crippen LogP contribution < -0.4 is 5.32 Å². The van der Waals surface area contributed by atoms with Gasteiger partial charge in [-0.1, -0.05) is 11.6 Å². The van der Waals surface area contributed by atoms with Gasteiger partial charge in [0.05, 0.1) is 30.1 Å². The zero-order valence-electron chi connectivity index (χ0n) is 10.4. The lowest BCUT2D eigenvalue weighted by atomic mass is 10.1. The smallest absolute Gasteiger partial charge is 0.0831 e. The molecule has 0 spiro atoms. The molecule has 1 N–H and O–H groups in total. The van der Waals surface area contributed by atoms with Gasteiger partial charge in [0.25, 0.3) is 0 Å². The number of hydrogen-bond donors (Lipinski definition) is 1. The van der Waals surface area contributed by atoms with Crippen LogP contribution >= 0.6 is 11.6 Å². The van der Waals surface area contributed by atoms with E-state index in [0.717, 1.165) is 12.2 Å². The van der Waals surface area contributed by atoms with Gasteiger partial charge >= 0.3 is 0 Å². The van der Waals surface area contributed by atoms with Crippen molar-refractivity contribution in [2.75, 3.05) is 13.7 Å². The number of ether oxygens (including phenoxy) is 1. The molecule has 4 nitrogen and oxygen atoms in total. The third kappa shape index (κ3) is 4.12. The summed E-state index contributed by atoms with van der Waals surface area (Å²) in [6.07, 6.45) is 1.68. The van der Waals surface area contributed by atoms with E-state index in [1.165, 1.54) is 0 Å². The standard InChI is InChI=1S/C11H20ClN3O/c1-11(2,3)13-8-10-9(12)7-14-15(10)5-6-16-4/h7,13H,5-6,8H2,1-4H3. The van der Waals surface area contributed by atoms with E-state index in [1.807, 2.05) is 4.68 Å². The van der Waals surface area contributed by atoms with Crippen molar-refractivity contribution in [1.29, 1.82) is 0 Å². The van der Waals surface area contributed by atoms with E-state index < -0.39 is 0 Å². The maximum atomic E-state index is 6.09. The van der Waals surface area contributed by atoms with Gasteiger partial charge in [0.2, 0.25) is 0 Å². The SMILES string of the molecule is COCCn1ncc(Cl)c1CNC(C)(C)C. The first-order valence-electron chi connectivity index (χ1n) is 5.38. The molecule has 1 aromatic heterocycles. The van der Waals surface area contributed by atoms with Crippen molar-refractivity contribution in [2.45, 2.75) is 39.4 Å². The van der Waals surface area contributed by atoms with E-state index in [0.29, 0.717) is 18.2 Å². The Labute approximate surface area is 102 Å². The first-order valence-corrected chi connectivity index (χ1v) is 5.76. The highest BCUT2D eigenvalue weighted by Crippen LogP contribution is 2.15. The van der Waals surface area contributed by atoms with Gasteiger partial charge in [-0.15, -0.1) is 0 Å². The Bertz CT molecular complexity index is 330. The quantitative estimate of drug-likeness (QED) is 0.863. The largest absolute Gasteiger partial charge is 0.383 e. The summed E-state index contributed by atoms with van der Waals surface area (Å²) in [6, 6.07) is 0. The van der Waals surface area contributed by atoms with Crippen LogP contribution in [-0.2, 0) is 17.8 Å². The number of halogens is 1. The maximum absolute atomic E-state index is 6.09. The monoisotopic (exact) mass is 245 g/mol. The predicted octanol–water partition coefficient (Wildman–Crippen LogP) is 2.07. The molecule has 0 aliphatic heterocycles. The van der Waals surface area contributed by atoms with Gasteiger partial charge in [-0.2, -0.15) is 5.10 Å². The van der Waals surface area contributed by atoms with Crippen molar-refractivity contribution >= 4 is 11.6 Å². The van der Waals surface area contributed by atoms with Crippen LogP contribution in [0.3, 0.4) is 0 Å². The summed E-state index contributed by atoms with van der Waals surface area (Å²) in [5.74, 6) is 0. The zero-order chi connectivity index (χ0) is 12.2. The number of rotatable bonds is 5. The van der Waals surface area contributed by atoms with Gasteiger partial charge in [-0.3, -0.25) is 4.68 Å². The zero-order valence-corrected chi connectivity index (χ0v) is 11.1. The molecule has 1 heterocycles. The number of aromatic nitrogens is 2. The van der Waals surface area contributed by atoms with E-state index in [-0.39, 0.29) is 5.54 Å². The molecule has 0 fully saturated rings. The van der Waals surface area contributed by atoms with Gasteiger partial charge in [-0.25, -0.2) is 0 Å². The van der Waals surface area contributed by atoms with Crippen molar-refractivity contribution in [1.82, 2.24) is 15.1 Å². The van der Waals surface area contributed by atoms with Crippen molar-refractivity contribution in [3.8, 4) is 0 Å². The van der Waals surface area contributed by atoms with E-state index in [9.17, 15) is 0 Å². The summed E-state index contributed by atoms with van der Waals surface area (Å²) in [5.41, 5.74) is 1.08. The molecule has 0 bridgehead atoms. The third-order valence-corrected chi connectivity index (χ3v) is 2.51. The summed E-state index contributed by atoms with van der Waals surface area (Å²) in [4.78, 5) is 0. The topological polar surface area (TPSA) is 39.1 Å². The van der Waals surface area contributed by atoms with E-state index in [1.54, 1.807) is 13.3 Å². The van der Waals surface area contributed by atoms with Crippen LogP contribution in [0.4, 0.5) is 0 Å². The van der Waals surface area contributed by atoms with Crippen LogP contribution in [0.15, 0.2) is 6.20 Å². The maximum Gasteiger partial charge on any atom is 0.0831 e. The molecule has 92 valence electrons. The second-order valence-corrected chi connectivity index (χ2v) is 5.17. The van der Waals surface area contributed by atoms with Gasteiger partial charge in [0, 0.05) is 19.2 Å². The molecular formula is C11H20ClN3O. The minimum atomic E-state index is 0.0691. The second kappa shape index (κ2) is 5.66. The Morgan fingerprint density at radius 2 is 2.19 bits per heavy atom. The lowest BCUT2D eigenvalue weighted by molar-refractivity contribution is 0.182. The molecule has 1 aromatic rings. The highest BCUT2D eigenvalue weighted by molar-refractivity contribution is 6.31. The molecule has 16 heavy (non-hydrogen) atoms. The van der Waals surface area contributed by atoms with E-state index >= 15 is 0 Å². The fourth-order valence-corrected chi connectivity index (χ4v) is 1.49. The van der Waals surface area contributed by atoms with Crippen molar-refractivity contribution in [2.24, 2.45) is 0 Å². The molecule has 0 aliphatic rings. The first-order chi connectivity index (χ1) is 7.44. The van der Waals surface area contributed by atoms with Gasteiger partial charge in [-0.05, 0) is 20.8 Å². The molecule has 0 radical (unpaired) electrons. The molecular weight excluding hydrogens is 226 g/mol. The molecule has 0 amide bonds. The summed E-state index contributed by atoms with van der Waals surface area (Å²) in [7, 11) is 1.68. The van der Waals surface area contributed by atoms with Gasteiger partial charge in [0.1, 0.15) is 0 Å². The van der Waals surface area contributed by atoms with Crippen LogP contribution in [0.25, 0.3) is 0 Å². The van der Waals surface area contributed by atoms with Crippen LogP contribution in [0, 0.1) is 0 Å². The Hall–Kier alpha value is -0.580. The molecule has 0 saturated carbocycles. The van der Waals surface area contributed by atoms with E-state index in [4.69, 9.17) is 16.3 Å². The number of hydrogen-bond acceptors (Lipinski definition) is 3. The molecule has 5 heteroatoms. The molecule has 1 rings (SSSR count). The highest BCUT2D eigenvalue weighted by Gasteiger charge is 2.13. The fourth-order valence-electron chi connectivity index (χ4n) is 1.28. The average Bonchev–Trinajstić information content (AvgIpc) is 2.52. The Balaban J connectivity index is 2.66. The third-order valence-electron chi connectivity index (χ3n) is 2.19. The fraction of sp³-hybridized carbons (Fsp3) is 0.727. The molecule has 0 aromatic carbocycles. The predicted molar refractivity (Wildman–Crippen MR) is 65.7 cm³/mol. The molecule has 0 saturated heterocycles. The minimum Gasteiger partial charge on any atom is -0.383 e. The summed E-state index contributed by atoms with van der Waals surface area (Å²) in [6.45, 7) is 8.45. The highest BCUT2D eigenvalue weighted by atomic mass is 35.5. The Kier molecular flexibility index (Phi) is 4.77. The minimum absolute atomic E-state index is 0.0691. The normalized spacial score (nSPS) is 12.1. The Morgan fingerprint density at radius 1 is 1.50 bits per heavy atom. The van der Waals surface area contributed by atoms with Crippen molar-refractivity contribution in [3.63, 3.8) is 0 Å². The van der Waals surface area contributed by atoms with Crippen molar-refractivity contribution in [3.05, 3.63) is 16.9 Å². The van der Waals surface area contributed by atoms with Crippen LogP contribution in [-0.4, -0.2) is 29.0 Å². The Morgan fingerprint density at radius 3 is 2.75 bits per heavy atom. The second-order valence-electron chi connectivity index (χ2n) is 4.76. The van der Waals surface area contributed by atoms with Gasteiger partial charge in [0.15, 0.2) is 0 Å². The van der Waals surface area contributed by atoms with Crippen LogP contribution in [0.5, 0.6) is 0 Å². The van der Waals surface area contributed by atoms with Crippen LogP contribution in [0.2, 0.25) is 5.02 Å². The number of nitrogens with zero attached hydrogens (tertiary/aromatic N) is 2. The first kappa shape index (κ1) is 13.5. The van der Waals surface area contributed by atoms with Crippen molar-refractivity contribution < 1.29 is 4.74 Å². The summed E-state index contributed by atoms with van der Waals surface area (Å²) >= 11 is 6.09. The molecule has 0 aliphatic carbocycles. The average molecular weight is 246 g/mol. The van der Waals surface area contributed by atoms with Crippen LogP contribution in [0.1, 0.15) is 26.5 Å². The van der Waals surface area contributed by atoms with E-state index in [2.05, 4.69) is 31.2 Å². The number of nitrogens with one attached hydrogen (secondary N) is 1. The lowest BCUT2D eigenvalue weighted by Crippen LogP contribution is -2.36. The number of methoxy groups -OCH3 is 1. The lowest BCUT2D eigenvalue weighted by Gasteiger charge is -2.21. The van der Waals surface area contributed by atoms with Gasteiger partial charge < -0.3 is 10.1 Å². The molecule has 0 unspecified atom stereocenters.